The van der Waals surface area contributed by atoms with Crippen LogP contribution < -0.4 is 0 Å². The summed E-state index contributed by atoms with van der Waals surface area (Å²) in [7, 11) is 0. The molecular formula is C29H52N2O8. The maximum Gasteiger partial charge on any atom is 0.322 e. The van der Waals surface area contributed by atoms with Crippen molar-refractivity contribution in [1.82, 2.24) is 10.1 Å². The Morgan fingerprint density at radius 1 is 0.667 bits per heavy atom. The standard InChI is InChI=1S/C16H29NO4.C13H23NO4/c1-8-15(6)10-14(20-12(4)18)11(3)16(7,9-2)17(15)21-13(5)19;1-9(15)17-11-7-12(3,4)14(18-10(2)16)13(5,6)8-11/h11,14H,8-10H2,1-7H3;11H,7-8H2,1-6H3. The number of piperidine rings is 2. The summed E-state index contributed by atoms with van der Waals surface area (Å²) in [4.78, 5) is 56.1. The van der Waals surface area contributed by atoms with E-state index in [0.29, 0.717) is 19.3 Å². The number of hydrogen-bond donors (Lipinski definition) is 0. The Hall–Kier alpha value is -2.20. The second kappa shape index (κ2) is 13.0. The molecule has 2 rings (SSSR count). The molecule has 2 aliphatic rings. The SMILES string of the molecule is CC(=O)OC1CC(C)(C)N(OC(C)=O)C(C)(C)C1.CCC1(C)CC(OC(C)=O)C(C)C(C)(CC)N1OC(C)=O. The van der Waals surface area contributed by atoms with E-state index in [-0.39, 0.29) is 64.2 Å². The maximum atomic E-state index is 11.5. The molecule has 0 aromatic heterocycles. The fourth-order valence-corrected chi connectivity index (χ4v) is 6.21. The largest absolute Gasteiger partial charge is 0.462 e. The van der Waals surface area contributed by atoms with Crippen LogP contribution in [0.1, 0.15) is 122 Å². The first-order valence-electron chi connectivity index (χ1n) is 14.0. The molecule has 2 fully saturated rings. The molecule has 4 unspecified atom stereocenters. The Morgan fingerprint density at radius 2 is 1.10 bits per heavy atom. The first kappa shape index (κ1) is 34.8. The number of esters is 2. The lowest BCUT2D eigenvalue weighted by molar-refractivity contribution is -0.299. The van der Waals surface area contributed by atoms with Crippen molar-refractivity contribution in [3.8, 4) is 0 Å². The lowest BCUT2D eigenvalue weighted by atomic mass is 9.69. The molecule has 0 N–H and O–H groups in total. The van der Waals surface area contributed by atoms with Crippen LogP contribution in [0.3, 0.4) is 0 Å². The summed E-state index contributed by atoms with van der Waals surface area (Å²) in [5, 5.41) is 3.58. The summed E-state index contributed by atoms with van der Waals surface area (Å²) in [6, 6.07) is 0. The fourth-order valence-electron chi connectivity index (χ4n) is 6.21. The molecule has 0 aromatic carbocycles. The highest BCUT2D eigenvalue weighted by Gasteiger charge is 2.56. The van der Waals surface area contributed by atoms with Crippen LogP contribution in [-0.4, -0.2) is 68.4 Å². The third kappa shape index (κ3) is 8.64. The summed E-state index contributed by atoms with van der Waals surface area (Å²) in [5.74, 6) is -1.10. The quantitative estimate of drug-likeness (QED) is 0.408. The molecule has 226 valence electrons. The Morgan fingerprint density at radius 3 is 1.46 bits per heavy atom. The monoisotopic (exact) mass is 556 g/mol. The van der Waals surface area contributed by atoms with Gasteiger partial charge in [-0.2, -0.15) is 0 Å². The van der Waals surface area contributed by atoms with Crippen molar-refractivity contribution in [3.63, 3.8) is 0 Å². The smallest absolute Gasteiger partial charge is 0.322 e. The number of ether oxygens (including phenoxy) is 2. The number of hydrogen-bond acceptors (Lipinski definition) is 10. The fraction of sp³-hybridized carbons (Fsp3) is 0.862. The molecule has 0 radical (unpaired) electrons. The molecule has 0 aliphatic carbocycles. The number of carbonyl (C=O) groups excluding carboxylic acids is 4. The zero-order valence-electron chi connectivity index (χ0n) is 26.4. The van der Waals surface area contributed by atoms with Crippen molar-refractivity contribution in [3.05, 3.63) is 0 Å². The van der Waals surface area contributed by atoms with Gasteiger partial charge in [-0.15, -0.1) is 10.1 Å². The van der Waals surface area contributed by atoms with Gasteiger partial charge in [0.25, 0.3) is 0 Å². The second-order valence-electron chi connectivity index (χ2n) is 12.7. The normalized spacial score (nSPS) is 30.8. The molecule has 0 bridgehead atoms. The molecule has 0 amide bonds. The van der Waals surface area contributed by atoms with E-state index in [1.165, 1.54) is 27.7 Å². The Kier molecular flexibility index (Phi) is 11.6. The molecule has 2 saturated heterocycles. The van der Waals surface area contributed by atoms with Crippen LogP contribution in [0.5, 0.6) is 0 Å². The van der Waals surface area contributed by atoms with Gasteiger partial charge in [-0.05, 0) is 54.4 Å². The lowest BCUT2D eigenvalue weighted by Gasteiger charge is -2.57. The summed E-state index contributed by atoms with van der Waals surface area (Å²) >= 11 is 0. The molecule has 4 atom stereocenters. The summed E-state index contributed by atoms with van der Waals surface area (Å²) < 4.78 is 10.9. The zero-order valence-corrected chi connectivity index (χ0v) is 26.4. The van der Waals surface area contributed by atoms with Crippen molar-refractivity contribution in [2.75, 3.05) is 0 Å². The van der Waals surface area contributed by atoms with Gasteiger partial charge in [0.05, 0.1) is 22.2 Å². The minimum atomic E-state index is -0.368. The van der Waals surface area contributed by atoms with E-state index in [1.807, 2.05) is 32.8 Å². The van der Waals surface area contributed by atoms with Crippen LogP contribution in [-0.2, 0) is 38.3 Å². The lowest BCUT2D eigenvalue weighted by Crippen LogP contribution is -2.68. The van der Waals surface area contributed by atoms with Crippen LogP contribution in [0.4, 0.5) is 0 Å². The van der Waals surface area contributed by atoms with E-state index in [4.69, 9.17) is 19.1 Å². The van der Waals surface area contributed by atoms with Gasteiger partial charge >= 0.3 is 23.9 Å². The van der Waals surface area contributed by atoms with Crippen LogP contribution >= 0.6 is 0 Å². The number of nitrogens with zero attached hydrogens (tertiary/aromatic N) is 2. The highest BCUT2D eigenvalue weighted by atomic mass is 16.7. The van der Waals surface area contributed by atoms with E-state index in [2.05, 4.69) is 34.6 Å². The predicted molar refractivity (Wildman–Crippen MR) is 147 cm³/mol. The van der Waals surface area contributed by atoms with Crippen LogP contribution in [0.25, 0.3) is 0 Å². The molecule has 2 aliphatic heterocycles. The second-order valence-corrected chi connectivity index (χ2v) is 12.7. The Labute approximate surface area is 234 Å². The summed E-state index contributed by atoms with van der Waals surface area (Å²) in [6.07, 6.45) is 3.25. The summed E-state index contributed by atoms with van der Waals surface area (Å²) in [6.45, 7) is 23.9. The average molecular weight is 557 g/mol. The topological polar surface area (TPSA) is 112 Å². The van der Waals surface area contributed by atoms with Crippen molar-refractivity contribution in [1.29, 1.82) is 0 Å². The number of carbonyl (C=O) groups is 4. The molecule has 2 heterocycles. The molecule has 10 heteroatoms. The van der Waals surface area contributed by atoms with Crippen LogP contribution in [0, 0.1) is 5.92 Å². The van der Waals surface area contributed by atoms with E-state index >= 15 is 0 Å². The van der Waals surface area contributed by atoms with Crippen molar-refractivity contribution < 1.29 is 38.3 Å². The summed E-state index contributed by atoms with van der Waals surface area (Å²) in [5.41, 5.74) is -1.45. The Bertz CT molecular complexity index is 886. The van der Waals surface area contributed by atoms with E-state index < -0.39 is 0 Å². The van der Waals surface area contributed by atoms with E-state index in [0.717, 1.165) is 12.8 Å². The number of rotatable bonds is 6. The van der Waals surface area contributed by atoms with Crippen molar-refractivity contribution >= 4 is 23.9 Å². The van der Waals surface area contributed by atoms with Gasteiger partial charge in [0.1, 0.15) is 12.2 Å². The highest BCUT2D eigenvalue weighted by Crippen LogP contribution is 2.47. The molecule has 0 aromatic rings. The minimum Gasteiger partial charge on any atom is -0.462 e. The first-order valence-corrected chi connectivity index (χ1v) is 14.0. The number of hydroxylamine groups is 4. The highest BCUT2D eigenvalue weighted by molar-refractivity contribution is 5.67. The maximum absolute atomic E-state index is 11.5. The van der Waals surface area contributed by atoms with Crippen molar-refractivity contribution in [2.45, 2.75) is 156 Å². The van der Waals surface area contributed by atoms with Gasteiger partial charge in [-0.25, -0.2) is 0 Å². The van der Waals surface area contributed by atoms with Gasteiger partial charge in [0, 0.05) is 52.9 Å². The molecular weight excluding hydrogens is 504 g/mol. The predicted octanol–water partition coefficient (Wildman–Crippen LogP) is 5.12. The zero-order chi connectivity index (χ0) is 30.6. The van der Waals surface area contributed by atoms with Crippen LogP contribution in [0.2, 0.25) is 0 Å². The van der Waals surface area contributed by atoms with Gasteiger partial charge in [-0.3, -0.25) is 19.2 Å². The van der Waals surface area contributed by atoms with Gasteiger partial charge in [0.2, 0.25) is 0 Å². The minimum absolute atomic E-state index is 0.0744. The molecule has 10 nitrogen and oxygen atoms in total. The average Bonchev–Trinajstić information content (AvgIpc) is 2.76. The van der Waals surface area contributed by atoms with E-state index in [9.17, 15) is 19.2 Å². The van der Waals surface area contributed by atoms with Crippen LogP contribution in [0.15, 0.2) is 0 Å². The van der Waals surface area contributed by atoms with Gasteiger partial charge < -0.3 is 19.1 Å². The molecule has 0 saturated carbocycles. The molecule has 39 heavy (non-hydrogen) atoms. The Balaban J connectivity index is 0.000000395. The van der Waals surface area contributed by atoms with Gasteiger partial charge in [0.15, 0.2) is 0 Å². The van der Waals surface area contributed by atoms with Gasteiger partial charge in [-0.1, -0.05) is 20.8 Å². The first-order chi connectivity index (χ1) is 17.6. The van der Waals surface area contributed by atoms with Crippen molar-refractivity contribution in [2.24, 2.45) is 5.92 Å². The third-order valence-electron chi connectivity index (χ3n) is 8.25. The molecule has 0 spiro atoms. The third-order valence-corrected chi connectivity index (χ3v) is 8.25. The van der Waals surface area contributed by atoms with E-state index in [1.54, 1.807) is 5.06 Å².